The van der Waals surface area contributed by atoms with Gasteiger partial charge in [-0.25, -0.2) is 0 Å². The molecule has 0 aromatic rings. The minimum atomic E-state index is -0.832. The number of ether oxygens (including phenoxy) is 1. The van der Waals surface area contributed by atoms with Crippen molar-refractivity contribution in [3.05, 3.63) is 0 Å². The number of esters is 1. The molecule has 3 unspecified atom stereocenters. The molecule has 1 N–H and O–H groups in total. The Morgan fingerprint density at radius 1 is 0.629 bits per heavy atom. The summed E-state index contributed by atoms with van der Waals surface area (Å²) in [5, 5.41) is 9.57. The summed E-state index contributed by atoms with van der Waals surface area (Å²) in [6.45, 7) is 4.51. The first-order chi connectivity index (χ1) is 17.1. The Kier molecular flexibility index (Phi) is 20.2. The molecule has 1 aliphatic carbocycles. The number of hydrogen-bond acceptors (Lipinski definition) is 3. The Morgan fingerprint density at radius 3 is 1.40 bits per heavy atom. The van der Waals surface area contributed by atoms with Crippen molar-refractivity contribution in [1.82, 2.24) is 0 Å². The van der Waals surface area contributed by atoms with Gasteiger partial charge in [0.2, 0.25) is 0 Å². The van der Waals surface area contributed by atoms with Gasteiger partial charge in [-0.15, -0.1) is 0 Å². The van der Waals surface area contributed by atoms with Crippen LogP contribution in [0.2, 0.25) is 0 Å². The minimum absolute atomic E-state index is 0.0343. The molecule has 1 fully saturated rings. The van der Waals surface area contributed by atoms with Crippen molar-refractivity contribution in [2.45, 2.75) is 174 Å². The van der Waals surface area contributed by atoms with Crippen LogP contribution in [-0.4, -0.2) is 23.1 Å². The lowest BCUT2D eigenvalue weighted by Crippen LogP contribution is -2.35. The third kappa shape index (κ3) is 16.3. The maximum Gasteiger partial charge on any atom is 0.310 e. The predicted molar refractivity (Wildman–Crippen MR) is 147 cm³/mol. The largest absolute Gasteiger partial charge is 0.481 e. The van der Waals surface area contributed by atoms with Crippen LogP contribution in [0.1, 0.15) is 168 Å². The molecule has 0 saturated heterocycles. The van der Waals surface area contributed by atoms with Crippen LogP contribution in [0, 0.1) is 11.8 Å². The van der Waals surface area contributed by atoms with E-state index in [0.717, 1.165) is 38.5 Å². The molecule has 0 aromatic heterocycles. The van der Waals surface area contributed by atoms with Gasteiger partial charge in [0.25, 0.3) is 0 Å². The fraction of sp³-hybridized carbons (Fsp3) is 0.935. The number of hydrogen-bond donors (Lipinski definition) is 1. The molecule has 0 amide bonds. The van der Waals surface area contributed by atoms with Gasteiger partial charge in [-0.2, -0.15) is 0 Å². The molecule has 0 bridgehead atoms. The van der Waals surface area contributed by atoms with E-state index < -0.39 is 17.8 Å². The lowest BCUT2D eigenvalue weighted by atomic mass is 9.79. The molecule has 1 rings (SSSR count). The van der Waals surface area contributed by atoms with E-state index >= 15 is 0 Å². The van der Waals surface area contributed by atoms with Gasteiger partial charge >= 0.3 is 11.9 Å². The van der Waals surface area contributed by atoms with E-state index in [1.807, 2.05) is 0 Å². The van der Waals surface area contributed by atoms with E-state index in [1.54, 1.807) is 0 Å². The van der Waals surface area contributed by atoms with Crippen molar-refractivity contribution in [1.29, 1.82) is 0 Å². The summed E-state index contributed by atoms with van der Waals surface area (Å²) in [6, 6.07) is 0. The summed E-state index contributed by atoms with van der Waals surface area (Å²) in [5.74, 6) is -2.08. The van der Waals surface area contributed by atoms with Crippen molar-refractivity contribution in [2.24, 2.45) is 11.8 Å². The zero-order chi connectivity index (χ0) is 25.6. The first kappa shape index (κ1) is 32.0. The summed E-state index contributed by atoms with van der Waals surface area (Å²) >= 11 is 0. The van der Waals surface area contributed by atoms with Crippen molar-refractivity contribution in [3.8, 4) is 0 Å². The smallest absolute Gasteiger partial charge is 0.310 e. The topological polar surface area (TPSA) is 63.6 Å². The van der Waals surface area contributed by atoms with E-state index in [0.29, 0.717) is 12.8 Å². The second kappa shape index (κ2) is 22.2. The molecule has 0 heterocycles. The number of carboxylic acid groups (broad SMARTS) is 1. The van der Waals surface area contributed by atoms with Crippen LogP contribution in [0.15, 0.2) is 0 Å². The van der Waals surface area contributed by atoms with E-state index in [1.165, 1.54) is 103 Å². The van der Waals surface area contributed by atoms with Crippen LogP contribution in [0.5, 0.6) is 0 Å². The number of carboxylic acids is 1. The molecule has 35 heavy (non-hydrogen) atoms. The second-order valence-electron chi connectivity index (χ2n) is 11.1. The zero-order valence-corrected chi connectivity index (χ0v) is 23.4. The Morgan fingerprint density at radius 2 is 1.00 bits per heavy atom. The normalized spacial score (nSPS) is 18.9. The van der Waals surface area contributed by atoms with E-state index in [4.69, 9.17) is 4.74 Å². The SMILES string of the molecule is CCCCCCCCCCCCC(CCCCCCCCCC)OC(=O)C1CCCCC1C(=O)O. The van der Waals surface area contributed by atoms with Crippen LogP contribution in [-0.2, 0) is 14.3 Å². The van der Waals surface area contributed by atoms with Gasteiger partial charge in [0.05, 0.1) is 11.8 Å². The molecule has 0 aromatic carbocycles. The molecule has 0 aliphatic heterocycles. The van der Waals surface area contributed by atoms with Gasteiger partial charge < -0.3 is 9.84 Å². The molecule has 1 aliphatic rings. The highest BCUT2D eigenvalue weighted by atomic mass is 16.5. The summed E-state index contributed by atoms with van der Waals surface area (Å²) in [6.07, 6.45) is 28.2. The molecule has 3 atom stereocenters. The zero-order valence-electron chi connectivity index (χ0n) is 23.4. The summed E-state index contributed by atoms with van der Waals surface area (Å²) in [5.41, 5.74) is 0. The standard InChI is InChI=1S/C31H58O4/c1-3-5-7-9-11-13-14-16-18-20-24-27(23-19-17-15-12-10-8-6-4-2)35-31(34)29-26-22-21-25-28(29)30(32)33/h27-29H,3-26H2,1-2H3,(H,32,33). The van der Waals surface area contributed by atoms with Gasteiger partial charge in [-0.05, 0) is 38.5 Å². The molecule has 0 radical (unpaired) electrons. The Hall–Kier alpha value is -1.06. The number of aliphatic carboxylic acids is 1. The van der Waals surface area contributed by atoms with Gasteiger partial charge in [-0.1, -0.05) is 129 Å². The fourth-order valence-corrected chi connectivity index (χ4v) is 5.59. The number of unbranched alkanes of at least 4 members (excludes halogenated alkanes) is 16. The lowest BCUT2D eigenvalue weighted by Gasteiger charge is -2.29. The van der Waals surface area contributed by atoms with Crippen molar-refractivity contribution in [2.75, 3.05) is 0 Å². The van der Waals surface area contributed by atoms with Crippen molar-refractivity contribution < 1.29 is 19.4 Å². The monoisotopic (exact) mass is 494 g/mol. The molecule has 0 spiro atoms. The Labute approximate surface area is 217 Å². The predicted octanol–water partition coefficient (Wildman–Crippen LogP) is 9.63. The van der Waals surface area contributed by atoms with Gasteiger partial charge in [0.15, 0.2) is 0 Å². The van der Waals surface area contributed by atoms with Crippen LogP contribution in [0.3, 0.4) is 0 Å². The van der Waals surface area contributed by atoms with Crippen LogP contribution in [0.4, 0.5) is 0 Å². The van der Waals surface area contributed by atoms with Crippen molar-refractivity contribution >= 4 is 11.9 Å². The third-order valence-corrected chi connectivity index (χ3v) is 7.93. The maximum atomic E-state index is 13.0. The number of rotatable bonds is 23. The Bertz CT molecular complexity index is 518. The highest BCUT2D eigenvalue weighted by Gasteiger charge is 2.37. The number of carbonyl (C=O) groups is 2. The minimum Gasteiger partial charge on any atom is -0.481 e. The third-order valence-electron chi connectivity index (χ3n) is 7.93. The summed E-state index contributed by atoms with van der Waals surface area (Å²) < 4.78 is 6.01. The van der Waals surface area contributed by atoms with E-state index in [2.05, 4.69) is 13.8 Å². The highest BCUT2D eigenvalue weighted by molar-refractivity contribution is 5.81. The van der Waals surface area contributed by atoms with Gasteiger partial charge in [-0.3, -0.25) is 9.59 Å². The van der Waals surface area contributed by atoms with Crippen LogP contribution in [0.25, 0.3) is 0 Å². The average Bonchev–Trinajstić information content (AvgIpc) is 2.86. The van der Waals surface area contributed by atoms with Gasteiger partial charge in [0, 0.05) is 0 Å². The van der Waals surface area contributed by atoms with E-state index in [-0.39, 0.29) is 12.1 Å². The van der Waals surface area contributed by atoms with Gasteiger partial charge in [0.1, 0.15) is 6.10 Å². The summed E-state index contributed by atoms with van der Waals surface area (Å²) in [4.78, 5) is 24.6. The molecule has 4 nitrogen and oxygen atoms in total. The summed E-state index contributed by atoms with van der Waals surface area (Å²) in [7, 11) is 0. The molecule has 206 valence electrons. The maximum absolute atomic E-state index is 13.0. The Balaban J connectivity index is 2.36. The van der Waals surface area contributed by atoms with Crippen LogP contribution >= 0.6 is 0 Å². The number of carbonyl (C=O) groups excluding carboxylic acids is 1. The average molecular weight is 495 g/mol. The fourth-order valence-electron chi connectivity index (χ4n) is 5.59. The second-order valence-corrected chi connectivity index (χ2v) is 11.1. The molecule has 1 saturated carbocycles. The van der Waals surface area contributed by atoms with Crippen molar-refractivity contribution in [3.63, 3.8) is 0 Å². The first-order valence-corrected chi connectivity index (χ1v) is 15.5. The molecule has 4 heteroatoms. The van der Waals surface area contributed by atoms with E-state index in [9.17, 15) is 14.7 Å². The lowest BCUT2D eigenvalue weighted by molar-refractivity contribution is -0.164. The molecular formula is C31H58O4. The molecular weight excluding hydrogens is 436 g/mol. The van der Waals surface area contributed by atoms with Crippen LogP contribution < -0.4 is 0 Å². The first-order valence-electron chi connectivity index (χ1n) is 15.5. The quantitative estimate of drug-likeness (QED) is 0.113. The highest BCUT2D eigenvalue weighted by Crippen LogP contribution is 2.32.